The summed E-state index contributed by atoms with van der Waals surface area (Å²) in [5, 5.41) is 0. The number of ether oxygens (including phenoxy) is 1. The number of aromatic nitrogens is 1. The van der Waals surface area contributed by atoms with Gasteiger partial charge in [-0.1, -0.05) is 0 Å². The van der Waals surface area contributed by atoms with Crippen molar-refractivity contribution in [2.45, 2.75) is 6.92 Å². The zero-order valence-electron chi connectivity index (χ0n) is 9.89. The van der Waals surface area contributed by atoms with Crippen LogP contribution < -0.4 is 15.4 Å². The Hall–Kier alpha value is -1.30. The van der Waals surface area contributed by atoms with Gasteiger partial charge in [0.25, 0.3) is 0 Å². The van der Waals surface area contributed by atoms with Crippen molar-refractivity contribution in [1.82, 2.24) is 4.98 Å². The minimum absolute atomic E-state index is 0.483. The second-order valence-corrected chi connectivity index (χ2v) is 5.53. The Kier molecular flexibility index (Phi) is 3.83. The molecule has 0 aromatic carbocycles. The normalized spacial score (nSPS) is 17.1. The predicted octanol–water partition coefficient (Wildman–Crippen LogP) is 0.631. The first kappa shape index (κ1) is 12.2. The van der Waals surface area contributed by atoms with Crippen molar-refractivity contribution >= 4 is 22.3 Å². The van der Waals surface area contributed by atoms with Crippen LogP contribution in [0.5, 0.6) is 5.88 Å². The third kappa shape index (κ3) is 2.88. The number of hydrogen-bond donors (Lipinski definition) is 1. The third-order valence-corrected chi connectivity index (χ3v) is 3.93. The molecule has 5 nitrogen and oxygen atoms in total. The number of pyridine rings is 1. The smallest absolute Gasteiger partial charge is 0.239 e. The summed E-state index contributed by atoms with van der Waals surface area (Å²) in [5.41, 5.74) is 6.32. The summed E-state index contributed by atoms with van der Waals surface area (Å²) in [4.78, 5) is 6.50. The highest BCUT2D eigenvalue weighted by Gasteiger charge is 2.17. The summed E-state index contributed by atoms with van der Waals surface area (Å²) in [7, 11) is -0.673. The lowest BCUT2D eigenvalue weighted by Crippen LogP contribution is -2.38. The van der Waals surface area contributed by atoms with Gasteiger partial charge in [-0.25, -0.2) is 0 Å². The molecular weight excluding hydrogens is 238 g/mol. The fraction of sp³-hybridized carbons (Fsp3) is 0.545. The Morgan fingerprint density at radius 1 is 1.47 bits per heavy atom. The summed E-state index contributed by atoms with van der Waals surface area (Å²) >= 11 is 0. The molecule has 0 saturated carbocycles. The lowest BCUT2D eigenvalue weighted by molar-refractivity contribution is 0.329. The van der Waals surface area contributed by atoms with Crippen LogP contribution in [0.2, 0.25) is 0 Å². The molecule has 2 rings (SSSR count). The maximum atomic E-state index is 11.3. The molecule has 1 fully saturated rings. The van der Waals surface area contributed by atoms with E-state index in [-0.39, 0.29) is 0 Å². The first-order valence-corrected chi connectivity index (χ1v) is 7.18. The fourth-order valence-electron chi connectivity index (χ4n) is 1.74. The molecule has 17 heavy (non-hydrogen) atoms. The summed E-state index contributed by atoms with van der Waals surface area (Å²) in [5.74, 6) is 2.74. The first-order chi connectivity index (χ1) is 8.20. The minimum atomic E-state index is -0.673. The van der Waals surface area contributed by atoms with Gasteiger partial charge in [-0.3, -0.25) is 4.21 Å². The molecular formula is C11H17N3O2S. The summed E-state index contributed by atoms with van der Waals surface area (Å²) in [6.07, 6.45) is 0. The molecule has 0 spiro atoms. The van der Waals surface area contributed by atoms with Crippen LogP contribution in [0.1, 0.15) is 6.92 Å². The molecule has 0 radical (unpaired) electrons. The number of nitrogens with two attached hydrogens (primary N) is 1. The van der Waals surface area contributed by atoms with Crippen molar-refractivity contribution < 1.29 is 8.95 Å². The van der Waals surface area contributed by atoms with Crippen LogP contribution in [-0.2, 0) is 10.8 Å². The quantitative estimate of drug-likeness (QED) is 0.858. The Morgan fingerprint density at radius 2 is 2.18 bits per heavy atom. The Balaban J connectivity index is 2.15. The van der Waals surface area contributed by atoms with Crippen molar-refractivity contribution in [3.63, 3.8) is 0 Å². The van der Waals surface area contributed by atoms with E-state index in [1.165, 1.54) is 0 Å². The number of hydrogen-bond acceptors (Lipinski definition) is 5. The highest BCUT2D eigenvalue weighted by atomic mass is 32.2. The van der Waals surface area contributed by atoms with Gasteiger partial charge in [0, 0.05) is 35.4 Å². The van der Waals surface area contributed by atoms with Gasteiger partial charge in [-0.05, 0) is 19.1 Å². The van der Waals surface area contributed by atoms with E-state index in [1.807, 2.05) is 13.0 Å². The lowest BCUT2D eigenvalue weighted by atomic mass is 10.3. The minimum Gasteiger partial charge on any atom is -0.476 e. The van der Waals surface area contributed by atoms with Crippen LogP contribution in [0.15, 0.2) is 12.1 Å². The average Bonchev–Trinajstić information content (AvgIpc) is 2.33. The highest BCUT2D eigenvalue weighted by molar-refractivity contribution is 7.85. The molecule has 1 saturated heterocycles. The van der Waals surface area contributed by atoms with Crippen LogP contribution in [0.4, 0.5) is 11.5 Å². The van der Waals surface area contributed by atoms with E-state index in [1.54, 1.807) is 6.07 Å². The van der Waals surface area contributed by atoms with E-state index in [9.17, 15) is 4.21 Å². The molecule has 2 heterocycles. The Morgan fingerprint density at radius 3 is 2.82 bits per heavy atom. The largest absolute Gasteiger partial charge is 0.476 e. The van der Waals surface area contributed by atoms with Gasteiger partial charge in [0.15, 0.2) is 0 Å². The molecule has 1 aromatic rings. The molecule has 0 amide bonds. The van der Waals surface area contributed by atoms with E-state index in [0.29, 0.717) is 29.7 Å². The van der Waals surface area contributed by atoms with E-state index >= 15 is 0 Å². The number of anilines is 2. The highest BCUT2D eigenvalue weighted by Crippen LogP contribution is 2.23. The topological polar surface area (TPSA) is 68.5 Å². The molecule has 0 bridgehead atoms. The van der Waals surface area contributed by atoms with Crippen LogP contribution in [0.3, 0.4) is 0 Å². The second-order valence-electron chi connectivity index (χ2n) is 3.83. The molecule has 0 aliphatic carbocycles. The third-order valence-electron chi connectivity index (χ3n) is 2.66. The first-order valence-electron chi connectivity index (χ1n) is 5.70. The van der Waals surface area contributed by atoms with E-state index in [2.05, 4.69) is 9.88 Å². The van der Waals surface area contributed by atoms with Crippen LogP contribution in [0, 0.1) is 0 Å². The van der Waals surface area contributed by atoms with Crippen molar-refractivity contribution in [3.8, 4) is 5.88 Å². The summed E-state index contributed by atoms with van der Waals surface area (Å²) in [6.45, 7) is 3.99. The maximum absolute atomic E-state index is 11.3. The monoisotopic (exact) mass is 255 g/mol. The molecule has 6 heteroatoms. The van der Waals surface area contributed by atoms with Crippen LogP contribution in [0.25, 0.3) is 0 Å². The molecule has 2 N–H and O–H groups in total. The molecule has 94 valence electrons. The van der Waals surface area contributed by atoms with Gasteiger partial charge < -0.3 is 15.4 Å². The average molecular weight is 255 g/mol. The zero-order chi connectivity index (χ0) is 12.3. The van der Waals surface area contributed by atoms with Gasteiger partial charge in [-0.15, -0.1) is 0 Å². The number of nitrogen functional groups attached to an aromatic ring is 1. The van der Waals surface area contributed by atoms with Gasteiger partial charge in [0.1, 0.15) is 5.82 Å². The standard InChI is InChI=1S/C11H17N3O2S/c1-2-16-11-9(12)3-4-10(13-11)14-5-7-17(15)8-6-14/h3-4H,2,5-8,12H2,1H3. The Bertz CT molecular complexity index is 415. The van der Waals surface area contributed by atoms with Crippen LogP contribution >= 0.6 is 0 Å². The van der Waals surface area contributed by atoms with Crippen LogP contribution in [-0.4, -0.2) is 40.4 Å². The Labute approximate surface area is 103 Å². The molecule has 1 aliphatic heterocycles. The second kappa shape index (κ2) is 5.35. The summed E-state index contributed by atoms with van der Waals surface area (Å²) in [6, 6.07) is 3.69. The van der Waals surface area contributed by atoms with Gasteiger partial charge >= 0.3 is 0 Å². The van der Waals surface area contributed by atoms with Gasteiger partial charge in [-0.2, -0.15) is 4.98 Å². The van der Waals surface area contributed by atoms with E-state index in [0.717, 1.165) is 18.9 Å². The van der Waals surface area contributed by atoms with Crippen molar-refractivity contribution in [3.05, 3.63) is 12.1 Å². The maximum Gasteiger partial charge on any atom is 0.239 e. The van der Waals surface area contributed by atoms with Gasteiger partial charge in [0.05, 0.1) is 12.3 Å². The van der Waals surface area contributed by atoms with E-state index < -0.39 is 10.8 Å². The van der Waals surface area contributed by atoms with E-state index in [4.69, 9.17) is 10.5 Å². The van der Waals surface area contributed by atoms with Crippen molar-refractivity contribution in [2.75, 3.05) is 41.8 Å². The fourth-order valence-corrected chi connectivity index (χ4v) is 2.79. The number of rotatable bonds is 3. The zero-order valence-corrected chi connectivity index (χ0v) is 10.7. The molecule has 0 unspecified atom stereocenters. The van der Waals surface area contributed by atoms with Crippen molar-refractivity contribution in [1.29, 1.82) is 0 Å². The lowest BCUT2D eigenvalue weighted by Gasteiger charge is -2.27. The SMILES string of the molecule is CCOc1nc(N2CCS(=O)CC2)ccc1N. The molecule has 0 atom stereocenters. The molecule has 1 aliphatic rings. The molecule has 1 aromatic heterocycles. The summed E-state index contributed by atoms with van der Waals surface area (Å²) < 4.78 is 16.6. The van der Waals surface area contributed by atoms with Gasteiger partial charge in [0.2, 0.25) is 5.88 Å². The number of nitrogens with zero attached hydrogens (tertiary/aromatic N) is 2. The predicted molar refractivity (Wildman–Crippen MR) is 69.9 cm³/mol. The van der Waals surface area contributed by atoms with Crippen molar-refractivity contribution in [2.24, 2.45) is 0 Å².